The van der Waals surface area contributed by atoms with Gasteiger partial charge in [-0.2, -0.15) is 0 Å². The molecule has 0 saturated heterocycles. The molecule has 3 rings (SSSR count). The lowest BCUT2D eigenvalue weighted by molar-refractivity contribution is 0.0949. The number of hydrogen-bond donors (Lipinski definition) is 2. The zero-order valence-electron chi connectivity index (χ0n) is 13.2. The molecule has 0 aliphatic rings. The number of nitrogens with one attached hydrogen (secondary N) is 2. The molecule has 2 N–H and O–H groups in total. The van der Waals surface area contributed by atoms with Crippen LogP contribution in [0.2, 0.25) is 0 Å². The first-order chi connectivity index (χ1) is 12.2. The first-order valence-electron chi connectivity index (χ1n) is 7.57. The fourth-order valence-electron chi connectivity index (χ4n) is 2.15. The molecule has 0 radical (unpaired) electrons. The molecule has 0 aliphatic carbocycles. The Morgan fingerprint density at radius 1 is 0.920 bits per heavy atom. The SMILES string of the molecule is O=C(NCc1cccc(NC(=O)c2cnccn2)c1)c1cccnc1. The summed E-state index contributed by atoms with van der Waals surface area (Å²) in [5.41, 5.74) is 2.20. The van der Waals surface area contributed by atoms with E-state index in [4.69, 9.17) is 0 Å². The van der Waals surface area contributed by atoms with Crippen LogP contribution in [0.5, 0.6) is 0 Å². The second-order valence-electron chi connectivity index (χ2n) is 5.17. The molecular weight excluding hydrogens is 318 g/mol. The van der Waals surface area contributed by atoms with Gasteiger partial charge in [0.1, 0.15) is 5.69 Å². The summed E-state index contributed by atoms with van der Waals surface area (Å²) in [5.74, 6) is -0.549. The molecule has 0 fully saturated rings. The molecule has 2 amide bonds. The normalized spacial score (nSPS) is 10.1. The quantitative estimate of drug-likeness (QED) is 0.745. The summed E-state index contributed by atoms with van der Waals surface area (Å²) in [5, 5.41) is 5.57. The number of carbonyl (C=O) groups is 2. The Labute approximate surface area is 144 Å². The Hall–Kier alpha value is -3.61. The molecule has 0 saturated carbocycles. The van der Waals surface area contributed by atoms with Gasteiger partial charge in [-0.05, 0) is 29.8 Å². The molecule has 0 atom stereocenters. The lowest BCUT2D eigenvalue weighted by Crippen LogP contribution is -2.23. The standard InChI is InChI=1S/C18H15N5O2/c24-17(14-4-2-6-19-11-14)22-10-13-3-1-5-15(9-13)23-18(25)16-12-20-7-8-21-16/h1-9,11-12H,10H2,(H,22,24)(H,23,25). The fraction of sp³-hybridized carbons (Fsp3) is 0.0556. The lowest BCUT2D eigenvalue weighted by atomic mass is 10.2. The zero-order chi connectivity index (χ0) is 17.5. The van der Waals surface area contributed by atoms with Crippen LogP contribution in [0, 0.1) is 0 Å². The maximum Gasteiger partial charge on any atom is 0.275 e. The van der Waals surface area contributed by atoms with Crippen molar-refractivity contribution in [2.45, 2.75) is 6.54 Å². The Kier molecular flexibility index (Phi) is 5.06. The van der Waals surface area contributed by atoms with Crippen molar-refractivity contribution in [2.75, 3.05) is 5.32 Å². The van der Waals surface area contributed by atoms with E-state index in [0.29, 0.717) is 17.8 Å². The van der Waals surface area contributed by atoms with Gasteiger partial charge < -0.3 is 10.6 Å². The van der Waals surface area contributed by atoms with Crippen LogP contribution in [-0.2, 0) is 6.54 Å². The van der Waals surface area contributed by atoms with Crippen molar-refractivity contribution in [3.8, 4) is 0 Å². The summed E-state index contributed by atoms with van der Waals surface area (Å²) >= 11 is 0. The molecule has 2 heterocycles. The molecule has 7 heteroatoms. The van der Waals surface area contributed by atoms with E-state index >= 15 is 0 Å². The highest BCUT2D eigenvalue weighted by molar-refractivity contribution is 6.02. The monoisotopic (exact) mass is 333 g/mol. The first-order valence-corrected chi connectivity index (χ1v) is 7.57. The largest absolute Gasteiger partial charge is 0.348 e. The Bertz CT molecular complexity index is 869. The second kappa shape index (κ2) is 7.78. The second-order valence-corrected chi connectivity index (χ2v) is 5.17. The van der Waals surface area contributed by atoms with Gasteiger partial charge in [-0.1, -0.05) is 12.1 Å². The molecule has 0 aliphatic heterocycles. The Balaban J connectivity index is 1.62. The van der Waals surface area contributed by atoms with Crippen molar-refractivity contribution in [1.29, 1.82) is 0 Å². The predicted octanol–water partition coefficient (Wildman–Crippen LogP) is 2.05. The molecule has 0 bridgehead atoms. The summed E-state index contributed by atoms with van der Waals surface area (Å²) in [4.78, 5) is 35.9. The van der Waals surface area contributed by atoms with Gasteiger partial charge in [0.2, 0.25) is 0 Å². The number of nitrogens with zero attached hydrogens (tertiary/aromatic N) is 3. The lowest BCUT2D eigenvalue weighted by Gasteiger charge is -2.08. The number of pyridine rings is 1. The topological polar surface area (TPSA) is 96.9 Å². The van der Waals surface area contributed by atoms with Gasteiger partial charge >= 0.3 is 0 Å². The third kappa shape index (κ3) is 4.44. The van der Waals surface area contributed by atoms with E-state index in [1.54, 1.807) is 36.5 Å². The van der Waals surface area contributed by atoms with Gasteiger partial charge in [0, 0.05) is 37.0 Å². The Morgan fingerprint density at radius 3 is 2.56 bits per heavy atom. The van der Waals surface area contributed by atoms with Crippen LogP contribution in [0.15, 0.2) is 67.4 Å². The highest BCUT2D eigenvalue weighted by atomic mass is 16.2. The number of aromatic nitrogens is 3. The summed E-state index contributed by atoms with van der Waals surface area (Å²) in [6.45, 7) is 0.336. The summed E-state index contributed by atoms with van der Waals surface area (Å²) in [7, 11) is 0. The van der Waals surface area contributed by atoms with Crippen molar-refractivity contribution in [1.82, 2.24) is 20.3 Å². The molecular formula is C18H15N5O2. The summed E-state index contributed by atoms with van der Waals surface area (Å²) < 4.78 is 0. The molecule has 3 aromatic rings. The summed E-state index contributed by atoms with van der Waals surface area (Å²) in [6, 6.07) is 10.6. The van der Waals surface area contributed by atoms with Gasteiger partial charge in [-0.25, -0.2) is 4.98 Å². The molecule has 25 heavy (non-hydrogen) atoms. The molecule has 1 aromatic carbocycles. The van der Waals surface area contributed by atoms with E-state index in [1.807, 2.05) is 6.07 Å². The van der Waals surface area contributed by atoms with Gasteiger partial charge in [0.25, 0.3) is 11.8 Å². The smallest absolute Gasteiger partial charge is 0.275 e. The van der Waals surface area contributed by atoms with Crippen LogP contribution in [0.1, 0.15) is 26.4 Å². The average molecular weight is 333 g/mol. The number of rotatable bonds is 5. The molecule has 124 valence electrons. The number of anilines is 1. The van der Waals surface area contributed by atoms with Gasteiger partial charge in [0.15, 0.2) is 0 Å². The third-order valence-corrected chi connectivity index (χ3v) is 3.36. The maximum atomic E-state index is 12.1. The minimum absolute atomic E-state index is 0.206. The number of hydrogen-bond acceptors (Lipinski definition) is 5. The van der Waals surface area contributed by atoms with E-state index < -0.39 is 0 Å². The van der Waals surface area contributed by atoms with E-state index in [-0.39, 0.29) is 17.5 Å². The average Bonchev–Trinajstić information content (AvgIpc) is 2.68. The molecule has 2 aromatic heterocycles. The van der Waals surface area contributed by atoms with Gasteiger partial charge in [0.05, 0.1) is 11.8 Å². The highest BCUT2D eigenvalue weighted by Gasteiger charge is 2.08. The van der Waals surface area contributed by atoms with Gasteiger partial charge in [-0.15, -0.1) is 0 Å². The third-order valence-electron chi connectivity index (χ3n) is 3.36. The minimum Gasteiger partial charge on any atom is -0.348 e. The summed E-state index contributed by atoms with van der Waals surface area (Å²) in [6.07, 6.45) is 7.47. The fourth-order valence-corrected chi connectivity index (χ4v) is 2.15. The van der Waals surface area contributed by atoms with Crippen LogP contribution < -0.4 is 10.6 Å². The van der Waals surface area contributed by atoms with Crippen LogP contribution in [0.4, 0.5) is 5.69 Å². The van der Waals surface area contributed by atoms with E-state index in [0.717, 1.165) is 5.56 Å². The predicted molar refractivity (Wildman–Crippen MR) is 91.8 cm³/mol. The van der Waals surface area contributed by atoms with Crippen LogP contribution in [-0.4, -0.2) is 26.8 Å². The van der Waals surface area contributed by atoms with Crippen LogP contribution in [0.25, 0.3) is 0 Å². The maximum absolute atomic E-state index is 12.1. The first kappa shape index (κ1) is 16.3. The van der Waals surface area contributed by atoms with Crippen molar-refractivity contribution >= 4 is 17.5 Å². The van der Waals surface area contributed by atoms with Gasteiger partial charge in [-0.3, -0.25) is 19.6 Å². The van der Waals surface area contributed by atoms with Crippen molar-refractivity contribution in [3.63, 3.8) is 0 Å². The van der Waals surface area contributed by atoms with E-state index in [2.05, 4.69) is 25.6 Å². The van der Waals surface area contributed by atoms with Crippen molar-refractivity contribution < 1.29 is 9.59 Å². The number of amides is 2. The number of carbonyl (C=O) groups excluding carboxylic acids is 2. The van der Waals surface area contributed by atoms with Crippen molar-refractivity contribution in [2.24, 2.45) is 0 Å². The van der Waals surface area contributed by atoms with Crippen LogP contribution in [0.3, 0.4) is 0 Å². The van der Waals surface area contributed by atoms with E-state index in [9.17, 15) is 9.59 Å². The Morgan fingerprint density at radius 2 is 1.80 bits per heavy atom. The van der Waals surface area contributed by atoms with Crippen LogP contribution >= 0.6 is 0 Å². The molecule has 0 spiro atoms. The highest BCUT2D eigenvalue weighted by Crippen LogP contribution is 2.12. The zero-order valence-corrected chi connectivity index (χ0v) is 13.2. The molecule has 7 nitrogen and oxygen atoms in total. The molecule has 0 unspecified atom stereocenters. The number of benzene rings is 1. The minimum atomic E-state index is -0.343. The van der Waals surface area contributed by atoms with Crippen molar-refractivity contribution in [3.05, 3.63) is 84.2 Å². The van der Waals surface area contributed by atoms with E-state index in [1.165, 1.54) is 24.8 Å².